The van der Waals surface area contributed by atoms with Crippen molar-refractivity contribution in [3.8, 4) is 17.1 Å². The lowest BCUT2D eigenvalue weighted by Crippen LogP contribution is -2.15. The summed E-state index contributed by atoms with van der Waals surface area (Å²) in [6.45, 7) is 6.81. The first-order chi connectivity index (χ1) is 13.9. The number of methoxy groups -OCH3 is 1. The molecule has 0 saturated carbocycles. The highest BCUT2D eigenvalue weighted by atomic mass is 32.2. The molecular weight excluding hydrogens is 389 g/mol. The maximum Gasteiger partial charge on any atom is 0.192 e. The Morgan fingerprint density at radius 3 is 2.31 bits per heavy atom. The van der Waals surface area contributed by atoms with Gasteiger partial charge in [-0.15, -0.1) is 10.2 Å². The van der Waals surface area contributed by atoms with E-state index in [1.165, 1.54) is 36.0 Å². The molecule has 1 atom stereocenters. The van der Waals surface area contributed by atoms with Gasteiger partial charge in [-0.25, -0.2) is 4.39 Å². The number of rotatable bonds is 8. The van der Waals surface area contributed by atoms with Crippen molar-refractivity contribution < 1.29 is 13.9 Å². The Kier molecular flexibility index (Phi) is 6.69. The van der Waals surface area contributed by atoms with Gasteiger partial charge in [0.1, 0.15) is 11.6 Å². The second-order valence-electron chi connectivity index (χ2n) is 7.17. The van der Waals surface area contributed by atoms with Crippen LogP contribution in [0.1, 0.15) is 31.1 Å². The van der Waals surface area contributed by atoms with E-state index in [1.54, 1.807) is 7.11 Å². The first-order valence-electron chi connectivity index (χ1n) is 9.43. The van der Waals surface area contributed by atoms with E-state index < -0.39 is 0 Å². The molecule has 0 spiro atoms. The number of Topliss-reactive ketones (excluding diaryl/α,β-unsaturated/α-hetero) is 1. The Labute approximate surface area is 174 Å². The third kappa shape index (κ3) is 5.03. The number of thioether (sulfide) groups is 1. The van der Waals surface area contributed by atoms with Crippen molar-refractivity contribution in [2.24, 2.45) is 5.92 Å². The fraction of sp³-hybridized carbons (Fsp3) is 0.318. The van der Waals surface area contributed by atoms with Gasteiger partial charge in [-0.05, 0) is 61.4 Å². The molecule has 29 heavy (non-hydrogen) atoms. The van der Waals surface area contributed by atoms with Crippen molar-refractivity contribution in [3.05, 3.63) is 59.9 Å². The maximum atomic E-state index is 13.1. The Morgan fingerprint density at radius 1 is 1.07 bits per heavy atom. The van der Waals surface area contributed by atoms with E-state index >= 15 is 0 Å². The molecule has 0 N–H and O–H groups in total. The smallest absolute Gasteiger partial charge is 0.192 e. The number of ketones is 1. The van der Waals surface area contributed by atoms with E-state index in [-0.39, 0.29) is 16.9 Å². The lowest BCUT2D eigenvalue weighted by Gasteiger charge is -2.15. The molecule has 5 nitrogen and oxygen atoms in total. The highest BCUT2D eigenvalue weighted by Crippen LogP contribution is 2.30. The van der Waals surface area contributed by atoms with Crippen LogP contribution in [0.2, 0.25) is 0 Å². The number of carbonyl (C=O) groups is 1. The Hall–Kier alpha value is -2.67. The fourth-order valence-corrected chi connectivity index (χ4v) is 3.86. The summed E-state index contributed by atoms with van der Waals surface area (Å²) >= 11 is 1.36. The number of nitrogens with zero attached hydrogens (tertiary/aromatic N) is 3. The average molecular weight is 414 g/mol. The van der Waals surface area contributed by atoms with E-state index in [0.29, 0.717) is 16.6 Å². The van der Waals surface area contributed by atoms with Crippen LogP contribution < -0.4 is 4.74 Å². The number of halogens is 1. The second-order valence-corrected chi connectivity index (χ2v) is 8.48. The number of hydrogen-bond donors (Lipinski definition) is 0. The maximum absolute atomic E-state index is 13.1. The fourth-order valence-electron chi connectivity index (χ4n) is 2.92. The van der Waals surface area contributed by atoms with E-state index in [2.05, 4.69) is 24.0 Å². The topological polar surface area (TPSA) is 57.0 Å². The Balaban J connectivity index is 1.87. The molecule has 7 heteroatoms. The van der Waals surface area contributed by atoms with Crippen LogP contribution in [-0.2, 0) is 6.54 Å². The van der Waals surface area contributed by atoms with Gasteiger partial charge in [0, 0.05) is 17.7 Å². The lowest BCUT2D eigenvalue weighted by atomic mass is 10.1. The largest absolute Gasteiger partial charge is 0.497 e. The highest BCUT2D eigenvalue weighted by molar-refractivity contribution is 8.00. The summed E-state index contributed by atoms with van der Waals surface area (Å²) in [5.41, 5.74) is 1.42. The summed E-state index contributed by atoms with van der Waals surface area (Å²) in [5.74, 6) is 1.48. The standard InChI is InChI=1S/C22H24FN3O2S/c1-14(2)13-26-21(17-7-11-19(28-4)12-8-17)24-25-22(26)29-15(3)20(27)16-5-9-18(23)10-6-16/h5-12,14-15H,13H2,1-4H3/t15-/m0/s1. The van der Waals surface area contributed by atoms with E-state index in [4.69, 9.17) is 4.74 Å². The van der Waals surface area contributed by atoms with Gasteiger partial charge in [-0.1, -0.05) is 25.6 Å². The summed E-state index contributed by atoms with van der Waals surface area (Å²) in [5, 5.41) is 9.04. The van der Waals surface area contributed by atoms with Crippen LogP contribution in [-0.4, -0.2) is 32.9 Å². The molecule has 0 fully saturated rings. The van der Waals surface area contributed by atoms with Crippen LogP contribution >= 0.6 is 11.8 Å². The van der Waals surface area contributed by atoms with E-state index in [0.717, 1.165) is 23.7 Å². The average Bonchev–Trinajstić information content (AvgIpc) is 3.09. The number of benzene rings is 2. The van der Waals surface area contributed by atoms with Crippen molar-refractivity contribution in [2.45, 2.75) is 37.7 Å². The van der Waals surface area contributed by atoms with Crippen molar-refractivity contribution in [1.29, 1.82) is 0 Å². The van der Waals surface area contributed by atoms with Crippen LogP contribution in [0, 0.1) is 11.7 Å². The van der Waals surface area contributed by atoms with Gasteiger partial charge in [-0.2, -0.15) is 0 Å². The molecule has 0 aliphatic heterocycles. The van der Waals surface area contributed by atoms with Crippen LogP contribution in [0.25, 0.3) is 11.4 Å². The molecule has 0 radical (unpaired) electrons. The quantitative estimate of drug-likeness (QED) is 0.379. The number of carbonyl (C=O) groups excluding carboxylic acids is 1. The Morgan fingerprint density at radius 2 is 1.72 bits per heavy atom. The normalized spacial score (nSPS) is 12.2. The van der Waals surface area contributed by atoms with Crippen LogP contribution in [0.4, 0.5) is 4.39 Å². The zero-order valence-electron chi connectivity index (χ0n) is 16.9. The SMILES string of the molecule is COc1ccc(-c2nnc(S[C@@H](C)C(=O)c3ccc(F)cc3)n2CC(C)C)cc1. The van der Waals surface area contributed by atoms with Crippen LogP contribution in [0.5, 0.6) is 5.75 Å². The first kappa shape index (κ1) is 21.0. The molecule has 0 aliphatic rings. The molecule has 3 rings (SSSR count). The molecule has 2 aromatic carbocycles. The minimum absolute atomic E-state index is 0.0694. The Bertz CT molecular complexity index is 969. The molecule has 0 aliphatic carbocycles. The van der Waals surface area contributed by atoms with Gasteiger partial charge in [-0.3, -0.25) is 4.79 Å². The molecular formula is C22H24FN3O2S. The first-order valence-corrected chi connectivity index (χ1v) is 10.3. The molecule has 152 valence electrons. The monoisotopic (exact) mass is 413 g/mol. The number of aromatic nitrogens is 3. The van der Waals surface area contributed by atoms with Gasteiger partial charge in [0.2, 0.25) is 0 Å². The summed E-state index contributed by atoms with van der Waals surface area (Å²) in [7, 11) is 1.63. The molecule has 3 aromatic rings. The van der Waals surface area contributed by atoms with Gasteiger partial charge < -0.3 is 9.30 Å². The highest BCUT2D eigenvalue weighted by Gasteiger charge is 2.22. The minimum Gasteiger partial charge on any atom is -0.497 e. The zero-order chi connectivity index (χ0) is 21.0. The van der Waals surface area contributed by atoms with E-state index in [9.17, 15) is 9.18 Å². The predicted octanol–water partition coefficient (Wildman–Crippen LogP) is 5.11. The van der Waals surface area contributed by atoms with E-state index in [1.807, 2.05) is 35.8 Å². The van der Waals surface area contributed by atoms with Gasteiger partial charge in [0.25, 0.3) is 0 Å². The van der Waals surface area contributed by atoms with Crippen LogP contribution in [0.15, 0.2) is 53.7 Å². The summed E-state index contributed by atoms with van der Waals surface area (Å²) < 4.78 is 20.4. The third-order valence-corrected chi connectivity index (χ3v) is 5.47. The van der Waals surface area contributed by atoms with Gasteiger partial charge in [0.05, 0.1) is 12.4 Å². The summed E-state index contributed by atoms with van der Waals surface area (Å²) in [4.78, 5) is 12.7. The summed E-state index contributed by atoms with van der Waals surface area (Å²) in [6, 6.07) is 13.3. The second kappa shape index (κ2) is 9.22. The molecule has 0 unspecified atom stereocenters. The van der Waals surface area contributed by atoms with Crippen molar-refractivity contribution in [1.82, 2.24) is 14.8 Å². The van der Waals surface area contributed by atoms with Crippen molar-refractivity contribution in [3.63, 3.8) is 0 Å². The lowest BCUT2D eigenvalue weighted by molar-refractivity contribution is 0.0994. The number of ether oxygens (including phenoxy) is 1. The summed E-state index contributed by atoms with van der Waals surface area (Å²) in [6.07, 6.45) is 0. The van der Waals surface area contributed by atoms with Gasteiger partial charge in [0.15, 0.2) is 16.8 Å². The van der Waals surface area contributed by atoms with Gasteiger partial charge >= 0.3 is 0 Å². The molecule has 0 bridgehead atoms. The predicted molar refractivity (Wildman–Crippen MR) is 113 cm³/mol. The third-order valence-electron chi connectivity index (χ3n) is 4.39. The minimum atomic E-state index is -0.376. The molecule has 1 heterocycles. The van der Waals surface area contributed by atoms with Crippen molar-refractivity contribution in [2.75, 3.05) is 7.11 Å². The van der Waals surface area contributed by atoms with Crippen molar-refractivity contribution >= 4 is 17.5 Å². The molecule has 0 saturated heterocycles. The number of hydrogen-bond acceptors (Lipinski definition) is 5. The zero-order valence-corrected chi connectivity index (χ0v) is 17.7. The molecule has 1 aromatic heterocycles. The molecule has 0 amide bonds. The van der Waals surface area contributed by atoms with Crippen LogP contribution in [0.3, 0.4) is 0 Å².